The minimum Gasteiger partial charge on any atom is -0.332 e. The fraction of sp³-hybridized carbons (Fsp3) is 0.667. The van der Waals surface area contributed by atoms with Gasteiger partial charge in [-0.2, -0.15) is 0 Å². The van der Waals surface area contributed by atoms with Gasteiger partial charge in [-0.25, -0.2) is 9.97 Å². The molecule has 0 atom stereocenters. The largest absolute Gasteiger partial charge is 0.332 e. The molecule has 0 unspecified atom stereocenters. The van der Waals surface area contributed by atoms with E-state index >= 15 is 0 Å². The second-order valence-electron chi connectivity index (χ2n) is 6.53. The van der Waals surface area contributed by atoms with Crippen LogP contribution in [0.3, 0.4) is 0 Å². The number of nitrogens with zero attached hydrogens (tertiary/aromatic N) is 3. The van der Waals surface area contributed by atoms with Gasteiger partial charge in [-0.1, -0.05) is 34.6 Å². The summed E-state index contributed by atoms with van der Waals surface area (Å²) in [7, 11) is 0. The summed E-state index contributed by atoms with van der Waals surface area (Å²) in [4.78, 5) is 23.1. The molecule has 1 aromatic heterocycles. The lowest BCUT2D eigenvalue weighted by Gasteiger charge is -2.16. The Hall–Kier alpha value is -1.10. The molecule has 20 heavy (non-hydrogen) atoms. The van der Waals surface area contributed by atoms with E-state index < -0.39 is 0 Å². The Bertz CT molecular complexity index is 508. The van der Waals surface area contributed by atoms with E-state index in [9.17, 15) is 4.79 Å². The van der Waals surface area contributed by atoms with Crippen molar-refractivity contribution < 1.29 is 4.79 Å². The SMILES string of the molecule is CC(C)SCC(=O)N1Cc2cnc(C(C)(C)C)nc2C1. The summed E-state index contributed by atoms with van der Waals surface area (Å²) in [6.07, 6.45) is 1.88. The molecule has 110 valence electrons. The normalized spacial score (nSPS) is 14.8. The van der Waals surface area contributed by atoms with Crippen LogP contribution in [0.4, 0.5) is 0 Å². The van der Waals surface area contributed by atoms with Gasteiger partial charge in [-0.3, -0.25) is 4.79 Å². The standard InChI is InChI=1S/C15H23N3OS/c1-10(2)20-9-13(19)18-7-11-6-16-14(15(3,4)5)17-12(11)8-18/h6,10H,7-9H2,1-5H3. The molecule has 0 radical (unpaired) electrons. The summed E-state index contributed by atoms with van der Waals surface area (Å²) in [5, 5.41) is 0.483. The average Bonchev–Trinajstić information content (AvgIpc) is 2.77. The van der Waals surface area contributed by atoms with Gasteiger partial charge in [-0.15, -0.1) is 11.8 Å². The van der Waals surface area contributed by atoms with Crippen LogP contribution in [-0.4, -0.2) is 31.8 Å². The maximum Gasteiger partial charge on any atom is 0.233 e. The van der Waals surface area contributed by atoms with E-state index in [0.29, 0.717) is 24.1 Å². The maximum atomic E-state index is 12.2. The molecular weight excluding hydrogens is 270 g/mol. The second-order valence-corrected chi connectivity index (χ2v) is 8.09. The molecule has 0 saturated heterocycles. The first-order valence-electron chi connectivity index (χ1n) is 7.02. The Balaban J connectivity index is 2.06. The molecule has 0 saturated carbocycles. The molecule has 1 aliphatic rings. The lowest BCUT2D eigenvalue weighted by molar-refractivity contribution is -0.128. The third kappa shape index (κ3) is 3.51. The minimum atomic E-state index is -0.0556. The third-order valence-electron chi connectivity index (χ3n) is 3.22. The molecule has 1 amide bonds. The van der Waals surface area contributed by atoms with Crippen molar-refractivity contribution in [2.24, 2.45) is 0 Å². The number of carbonyl (C=O) groups excluding carboxylic acids is 1. The molecule has 4 nitrogen and oxygen atoms in total. The second kappa shape index (κ2) is 5.72. The Morgan fingerprint density at radius 2 is 2.10 bits per heavy atom. The van der Waals surface area contributed by atoms with Crippen molar-refractivity contribution in [3.8, 4) is 0 Å². The maximum absolute atomic E-state index is 12.2. The van der Waals surface area contributed by atoms with Crippen molar-refractivity contribution in [3.63, 3.8) is 0 Å². The van der Waals surface area contributed by atoms with Crippen molar-refractivity contribution in [1.82, 2.24) is 14.9 Å². The monoisotopic (exact) mass is 293 g/mol. The van der Waals surface area contributed by atoms with Gasteiger partial charge in [0.25, 0.3) is 0 Å². The van der Waals surface area contributed by atoms with Gasteiger partial charge in [-0.05, 0) is 5.25 Å². The van der Waals surface area contributed by atoms with E-state index in [2.05, 4.69) is 44.6 Å². The van der Waals surface area contributed by atoms with E-state index in [1.165, 1.54) is 0 Å². The third-order valence-corrected chi connectivity index (χ3v) is 4.30. The first-order chi connectivity index (χ1) is 9.27. The Labute approximate surface area is 125 Å². The van der Waals surface area contributed by atoms with Gasteiger partial charge in [0.1, 0.15) is 5.82 Å². The number of aromatic nitrogens is 2. The average molecular weight is 293 g/mol. The predicted octanol–water partition coefficient (Wildman–Crippen LogP) is 2.76. The number of rotatable bonds is 3. The van der Waals surface area contributed by atoms with Crippen LogP contribution in [0.2, 0.25) is 0 Å². The lowest BCUT2D eigenvalue weighted by atomic mass is 9.95. The molecule has 0 N–H and O–H groups in total. The van der Waals surface area contributed by atoms with Gasteiger partial charge in [0.05, 0.1) is 18.0 Å². The van der Waals surface area contributed by atoms with E-state index in [4.69, 9.17) is 0 Å². The number of amides is 1. The number of fused-ring (bicyclic) bond motifs is 1. The van der Waals surface area contributed by atoms with E-state index in [1.807, 2.05) is 11.1 Å². The van der Waals surface area contributed by atoms with E-state index in [0.717, 1.165) is 17.1 Å². The summed E-state index contributed by atoms with van der Waals surface area (Å²) in [6.45, 7) is 11.8. The molecule has 2 heterocycles. The summed E-state index contributed by atoms with van der Waals surface area (Å²) in [5.74, 6) is 1.59. The van der Waals surface area contributed by atoms with Crippen molar-refractivity contribution in [2.45, 2.75) is 58.4 Å². The highest BCUT2D eigenvalue weighted by atomic mass is 32.2. The minimum absolute atomic E-state index is 0.0556. The molecule has 0 fully saturated rings. The predicted molar refractivity (Wildman–Crippen MR) is 82.6 cm³/mol. The van der Waals surface area contributed by atoms with Crippen LogP contribution in [0.15, 0.2) is 6.20 Å². The molecule has 5 heteroatoms. The Morgan fingerprint density at radius 1 is 1.40 bits per heavy atom. The van der Waals surface area contributed by atoms with E-state index in [-0.39, 0.29) is 11.3 Å². The Morgan fingerprint density at radius 3 is 2.70 bits per heavy atom. The van der Waals surface area contributed by atoms with Gasteiger partial charge < -0.3 is 4.90 Å². The van der Waals surface area contributed by atoms with Crippen molar-refractivity contribution >= 4 is 17.7 Å². The van der Waals surface area contributed by atoms with Crippen LogP contribution in [0.25, 0.3) is 0 Å². The molecule has 0 aromatic carbocycles. The molecule has 0 aliphatic carbocycles. The van der Waals surface area contributed by atoms with Crippen LogP contribution >= 0.6 is 11.8 Å². The number of thioether (sulfide) groups is 1. The zero-order valence-corrected chi connectivity index (χ0v) is 13.8. The lowest BCUT2D eigenvalue weighted by Crippen LogP contribution is -2.27. The molecule has 1 aliphatic heterocycles. The van der Waals surface area contributed by atoms with Crippen LogP contribution in [0.1, 0.15) is 51.7 Å². The smallest absolute Gasteiger partial charge is 0.233 e. The van der Waals surface area contributed by atoms with Gasteiger partial charge in [0.2, 0.25) is 5.91 Å². The molecular formula is C15H23N3OS. The van der Waals surface area contributed by atoms with Crippen LogP contribution < -0.4 is 0 Å². The van der Waals surface area contributed by atoms with Crippen LogP contribution in [0, 0.1) is 0 Å². The van der Waals surface area contributed by atoms with Crippen molar-refractivity contribution in [2.75, 3.05) is 5.75 Å². The van der Waals surface area contributed by atoms with Crippen molar-refractivity contribution in [1.29, 1.82) is 0 Å². The van der Waals surface area contributed by atoms with Gasteiger partial charge in [0.15, 0.2) is 0 Å². The highest BCUT2D eigenvalue weighted by molar-refractivity contribution is 8.00. The number of hydrogen-bond acceptors (Lipinski definition) is 4. The topological polar surface area (TPSA) is 46.1 Å². The first-order valence-corrected chi connectivity index (χ1v) is 8.07. The fourth-order valence-electron chi connectivity index (χ4n) is 2.02. The number of carbonyl (C=O) groups is 1. The zero-order valence-electron chi connectivity index (χ0n) is 12.9. The first kappa shape index (κ1) is 15.3. The summed E-state index contributed by atoms with van der Waals surface area (Å²) in [5.41, 5.74) is 2.04. The van der Waals surface area contributed by atoms with Crippen molar-refractivity contribution in [3.05, 3.63) is 23.3 Å². The van der Waals surface area contributed by atoms with Gasteiger partial charge in [0, 0.05) is 23.7 Å². The van der Waals surface area contributed by atoms with E-state index in [1.54, 1.807) is 11.8 Å². The summed E-state index contributed by atoms with van der Waals surface area (Å²) < 4.78 is 0. The fourth-order valence-corrected chi connectivity index (χ4v) is 2.68. The summed E-state index contributed by atoms with van der Waals surface area (Å²) in [6, 6.07) is 0. The summed E-state index contributed by atoms with van der Waals surface area (Å²) >= 11 is 1.69. The molecule has 1 aromatic rings. The molecule has 0 spiro atoms. The number of hydrogen-bond donors (Lipinski definition) is 0. The zero-order chi connectivity index (χ0) is 14.9. The quantitative estimate of drug-likeness (QED) is 0.859. The highest BCUT2D eigenvalue weighted by Gasteiger charge is 2.27. The Kier molecular flexibility index (Phi) is 4.37. The molecule has 0 bridgehead atoms. The highest BCUT2D eigenvalue weighted by Crippen LogP contribution is 2.25. The van der Waals surface area contributed by atoms with Gasteiger partial charge >= 0.3 is 0 Å². The molecule has 2 rings (SSSR count). The van der Waals surface area contributed by atoms with Crippen LogP contribution in [0.5, 0.6) is 0 Å². The van der Waals surface area contributed by atoms with Crippen LogP contribution in [-0.2, 0) is 23.3 Å².